The van der Waals surface area contributed by atoms with Crippen molar-refractivity contribution in [2.75, 3.05) is 19.8 Å². The monoisotopic (exact) mass is 275 g/mol. The van der Waals surface area contributed by atoms with E-state index in [0.29, 0.717) is 11.8 Å². The fourth-order valence-electron chi connectivity index (χ4n) is 3.35. The van der Waals surface area contributed by atoms with Gasteiger partial charge in [0.25, 0.3) is 0 Å². The molecular weight excluding hydrogens is 250 g/mol. The van der Waals surface area contributed by atoms with Gasteiger partial charge in [-0.05, 0) is 37.2 Å². The quantitative estimate of drug-likeness (QED) is 0.919. The third kappa shape index (κ3) is 3.40. The highest BCUT2D eigenvalue weighted by atomic mass is 16.5. The van der Waals surface area contributed by atoms with E-state index in [2.05, 4.69) is 30.3 Å². The highest BCUT2D eigenvalue weighted by Crippen LogP contribution is 2.34. The molecule has 1 aromatic carbocycles. The van der Waals surface area contributed by atoms with Crippen LogP contribution in [-0.2, 0) is 9.47 Å². The topological polar surface area (TPSA) is 44.5 Å². The van der Waals surface area contributed by atoms with Gasteiger partial charge in [-0.25, -0.2) is 0 Å². The van der Waals surface area contributed by atoms with Crippen molar-refractivity contribution in [2.45, 2.75) is 43.7 Å². The second-order valence-corrected chi connectivity index (χ2v) is 6.19. The van der Waals surface area contributed by atoms with Crippen molar-refractivity contribution in [3.8, 4) is 0 Å². The molecule has 1 saturated heterocycles. The van der Waals surface area contributed by atoms with E-state index in [1.54, 1.807) is 0 Å². The molecule has 2 N–H and O–H groups in total. The Morgan fingerprint density at radius 2 is 2.00 bits per heavy atom. The van der Waals surface area contributed by atoms with Crippen molar-refractivity contribution in [1.29, 1.82) is 0 Å². The predicted molar refractivity (Wildman–Crippen MR) is 79.7 cm³/mol. The smallest absolute Gasteiger partial charge is 0.0731 e. The number of ether oxygens (including phenoxy) is 2. The maximum absolute atomic E-state index is 6.25. The van der Waals surface area contributed by atoms with E-state index >= 15 is 0 Å². The second-order valence-electron chi connectivity index (χ2n) is 6.19. The summed E-state index contributed by atoms with van der Waals surface area (Å²) in [5.41, 5.74) is 7.68. The molecule has 3 rings (SSSR count). The first kappa shape index (κ1) is 14.1. The Morgan fingerprint density at radius 3 is 2.75 bits per heavy atom. The Kier molecular flexibility index (Phi) is 4.71. The largest absolute Gasteiger partial charge is 0.381 e. The first-order chi connectivity index (χ1) is 9.83. The van der Waals surface area contributed by atoms with E-state index in [0.717, 1.165) is 39.1 Å². The molecule has 4 unspecified atom stereocenters. The van der Waals surface area contributed by atoms with E-state index in [-0.39, 0.29) is 12.1 Å². The molecule has 1 aliphatic heterocycles. The maximum Gasteiger partial charge on any atom is 0.0731 e. The molecule has 2 aliphatic rings. The lowest BCUT2D eigenvalue weighted by Gasteiger charge is -2.34. The predicted octanol–water partition coefficient (Wildman–Crippen LogP) is 2.70. The molecule has 110 valence electrons. The van der Waals surface area contributed by atoms with Crippen LogP contribution < -0.4 is 5.73 Å². The molecule has 4 atom stereocenters. The van der Waals surface area contributed by atoms with Gasteiger partial charge in [-0.2, -0.15) is 0 Å². The highest BCUT2D eigenvalue weighted by Gasteiger charge is 2.30. The summed E-state index contributed by atoms with van der Waals surface area (Å²) in [7, 11) is 0. The molecule has 1 aromatic rings. The summed E-state index contributed by atoms with van der Waals surface area (Å²) in [6.07, 6.45) is 4.63. The second kappa shape index (κ2) is 6.70. The molecule has 20 heavy (non-hydrogen) atoms. The Labute approximate surface area is 121 Å². The highest BCUT2D eigenvalue weighted by molar-refractivity contribution is 5.20. The van der Waals surface area contributed by atoms with Gasteiger partial charge in [0.1, 0.15) is 0 Å². The van der Waals surface area contributed by atoms with E-state index < -0.39 is 0 Å². The molecule has 1 aliphatic carbocycles. The van der Waals surface area contributed by atoms with Crippen LogP contribution >= 0.6 is 0 Å². The minimum absolute atomic E-state index is 0.192. The van der Waals surface area contributed by atoms with Crippen LogP contribution in [-0.4, -0.2) is 32.0 Å². The molecule has 0 radical (unpaired) electrons. The van der Waals surface area contributed by atoms with Gasteiger partial charge >= 0.3 is 0 Å². The van der Waals surface area contributed by atoms with Gasteiger partial charge in [0.15, 0.2) is 0 Å². The van der Waals surface area contributed by atoms with Gasteiger partial charge in [-0.15, -0.1) is 0 Å². The zero-order valence-corrected chi connectivity index (χ0v) is 12.0. The van der Waals surface area contributed by atoms with Gasteiger partial charge in [0.2, 0.25) is 0 Å². The van der Waals surface area contributed by atoms with Gasteiger partial charge < -0.3 is 15.2 Å². The summed E-state index contributed by atoms with van der Waals surface area (Å²) >= 11 is 0. The number of hydrogen-bond donors (Lipinski definition) is 1. The van der Waals surface area contributed by atoms with Crippen molar-refractivity contribution >= 4 is 0 Å². The fourth-order valence-corrected chi connectivity index (χ4v) is 3.35. The number of benzene rings is 1. The summed E-state index contributed by atoms with van der Waals surface area (Å²) in [4.78, 5) is 0. The molecular formula is C17H25NO2. The number of nitrogens with two attached hydrogens (primary N) is 1. The Morgan fingerprint density at radius 1 is 1.15 bits per heavy atom. The molecule has 0 bridgehead atoms. The molecule has 0 amide bonds. The molecule has 1 heterocycles. The average Bonchev–Trinajstić information content (AvgIpc) is 3.01. The molecule has 0 spiro atoms. The molecule has 2 fully saturated rings. The van der Waals surface area contributed by atoms with E-state index in [1.165, 1.54) is 12.0 Å². The zero-order chi connectivity index (χ0) is 13.8. The van der Waals surface area contributed by atoms with Crippen LogP contribution in [0, 0.1) is 5.92 Å². The summed E-state index contributed by atoms with van der Waals surface area (Å²) in [6.45, 7) is 2.54. The maximum atomic E-state index is 6.25. The van der Waals surface area contributed by atoms with Crippen molar-refractivity contribution in [3.05, 3.63) is 35.9 Å². The number of rotatable bonds is 4. The van der Waals surface area contributed by atoms with Crippen molar-refractivity contribution in [3.63, 3.8) is 0 Å². The van der Waals surface area contributed by atoms with E-state index in [1.807, 2.05) is 0 Å². The lowest BCUT2D eigenvalue weighted by atomic mass is 9.80. The summed E-state index contributed by atoms with van der Waals surface area (Å²) < 4.78 is 11.5. The average molecular weight is 275 g/mol. The lowest BCUT2D eigenvalue weighted by molar-refractivity contribution is -0.00993. The van der Waals surface area contributed by atoms with Gasteiger partial charge in [0.05, 0.1) is 19.3 Å². The van der Waals surface area contributed by atoms with Gasteiger partial charge in [0, 0.05) is 18.6 Å². The van der Waals surface area contributed by atoms with Crippen LogP contribution in [0.1, 0.15) is 37.2 Å². The number of hydrogen-bond acceptors (Lipinski definition) is 3. The first-order valence-corrected chi connectivity index (χ1v) is 7.83. The van der Waals surface area contributed by atoms with Crippen LogP contribution in [0.2, 0.25) is 0 Å². The third-order valence-corrected chi connectivity index (χ3v) is 4.68. The van der Waals surface area contributed by atoms with Gasteiger partial charge in [-0.3, -0.25) is 0 Å². The Hall–Kier alpha value is -0.900. The SMILES string of the molecule is NC1CCC(c2ccccc2)CC1OCC1CCOC1. The molecule has 3 heteroatoms. The Balaban J connectivity index is 1.55. The normalized spacial score (nSPS) is 34.2. The minimum atomic E-state index is 0.192. The van der Waals surface area contributed by atoms with Crippen LogP contribution in [0.4, 0.5) is 0 Å². The summed E-state index contributed by atoms with van der Waals surface area (Å²) in [6, 6.07) is 11.0. The first-order valence-electron chi connectivity index (χ1n) is 7.83. The van der Waals surface area contributed by atoms with E-state index in [4.69, 9.17) is 15.2 Å². The lowest BCUT2D eigenvalue weighted by Crippen LogP contribution is -2.42. The minimum Gasteiger partial charge on any atom is -0.381 e. The van der Waals surface area contributed by atoms with Crippen molar-refractivity contribution in [2.24, 2.45) is 11.7 Å². The van der Waals surface area contributed by atoms with Crippen LogP contribution in [0.5, 0.6) is 0 Å². The summed E-state index contributed by atoms with van der Waals surface area (Å²) in [5.74, 6) is 1.17. The van der Waals surface area contributed by atoms with Crippen molar-refractivity contribution < 1.29 is 9.47 Å². The molecule has 3 nitrogen and oxygen atoms in total. The summed E-state index contributed by atoms with van der Waals surface area (Å²) in [5, 5.41) is 0. The third-order valence-electron chi connectivity index (χ3n) is 4.68. The van der Waals surface area contributed by atoms with Gasteiger partial charge in [-0.1, -0.05) is 30.3 Å². The Bertz CT molecular complexity index is 403. The molecule has 1 saturated carbocycles. The standard InChI is InChI=1S/C17H25NO2/c18-16-7-6-15(14-4-2-1-3-5-14)10-17(16)20-12-13-8-9-19-11-13/h1-5,13,15-17H,6-12,18H2. The van der Waals surface area contributed by atoms with Crippen LogP contribution in [0.25, 0.3) is 0 Å². The molecule has 0 aromatic heterocycles. The zero-order valence-electron chi connectivity index (χ0n) is 12.0. The van der Waals surface area contributed by atoms with Crippen LogP contribution in [0.3, 0.4) is 0 Å². The van der Waals surface area contributed by atoms with Crippen LogP contribution in [0.15, 0.2) is 30.3 Å². The van der Waals surface area contributed by atoms with Crippen molar-refractivity contribution in [1.82, 2.24) is 0 Å². The van der Waals surface area contributed by atoms with E-state index in [9.17, 15) is 0 Å². The fraction of sp³-hybridized carbons (Fsp3) is 0.647.